The number of carbonyl (C=O) groups excluding carboxylic acids is 1. The van der Waals surface area contributed by atoms with Gasteiger partial charge >= 0.3 is 29.6 Å². The van der Waals surface area contributed by atoms with Gasteiger partial charge in [-0.1, -0.05) is 45.6 Å². The molecule has 0 rings (SSSR count). The van der Waals surface area contributed by atoms with E-state index in [4.69, 9.17) is 4.74 Å². The van der Waals surface area contributed by atoms with Gasteiger partial charge < -0.3 is 14.6 Å². The van der Waals surface area contributed by atoms with Crippen molar-refractivity contribution in [2.45, 2.75) is 45.4 Å². The molecule has 0 radical (unpaired) electrons. The van der Waals surface area contributed by atoms with Gasteiger partial charge in [-0.2, -0.15) is 0 Å². The Morgan fingerprint density at radius 1 is 1.20 bits per heavy atom. The van der Waals surface area contributed by atoms with Crippen LogP contribution < -0.4 is 34.7 Å². The number of rotatable bonds is 9. The molecule has 0 aromatic heterocycles. The van der Waals surface area contributed by atoms with Crippen molar-refractivity contribution in [3.8, 4) is 0 Å². The van der Waals surface area contributed by atoms with Crippen molar-refractivity contribution in [1.29, 1.82) is 0 Å². The van der Waals surface area contributed by atoms with Gasteiger partial charge in [-0.25, -0.2) is 0 Å². The largest absolute Gasteiger partial charge is 1.00 e. The topological polar surface area (TPSA) is 49.4 Å². The van der Waals surface area contributed by atoms with E-state index in [1.807, 2.05) is 0 Å². The van der Waals surface area contributed by atoms with Gasteiger partial charge in [0.2, 0.25) is 0 Å². The number of hydrogen-bond donors (Lipinski definition) is 0. The van der Waals surface area contributed by atoms with Crippen LogP contribution in [0.1, 0.15) is 45.4 Å². The van der Waals surface area contributed by atoms with Crippen LogP contribution in [0.5, 0.6) is 0 Å². The maximum absolute atomic E-state index is 10.2. The zero-order chi connectivity index (χ0) is 10.8. The molecule has 3 nitrogen and oxygen atoms in total. The van der Waals surface area contributed by atoms with Crippen molar-refractivity contribution in [3.05, 3.63) is 12.3 Å². The molecule has 0 heterocycles. The number of aliphatic carboxylic acids is 1. The third-order valence-corrected chi connectivity index (χ3v) is 2.00. The Morgan fingerprint density at radius 2 is 1.73 bits per heavy atom. The first kappa shape index (κ1) is 17.4. The zero-order valence-corrected chi connectivity index (χ0v) is 11.9. The van der Waals surface area contributed by atoms with Gasteiger partial charge in [-0.15, -0.1) is 0 Å². The van der Waals surface area contributed by atoms with E-state index >= 15 is 0 Å². The van der Waals surface area contributed by atoms with E-state index in [-0.39, 0.29) is 35.3 Å². The summed E-state index contributed by atoms with van der Waals surface area (Å²) in [7, 11) is 0. The molecule has 0 fully saturated rings. The summed E-state index contributed by atoms with van der Waals surface area (Å²) < 4.78 is 4.85. The minimum absolute atomic E-state index is 0. The van der Waals surface area contributed by atoms with E-state index in [1.165, 1.54) is 25.7 Å². The summed E-state index contributed by atoms with van der Waals surface area (Å²) in [6, 6.07) is 0. The number of carbonyl (C=O) groups is 1. The zero-order valence-electron chi connectivity index (χ0n) is 9.88. The quantitative estimate of drug-likeness (QED) is 0.209. The number of ether oxygens (including phenoxy) is 1. The van der Waals surface area contributed by atoms with Crippen LogP contribution in [0.3, 0.4) is 0 Å². The van der Waals surface area contributed by atoms with E-state index in [9.17, 15) is 9.90 Å². The predicted molar refractivity (Wildman–Crippen MR) is 53.5 cm³/mol. The number of carboxylic acid groups (broad SMARTS) is 1. The van der Waals surface area contributed by atoms with Crippen molar-refractivity contribution in [2.75, 3.05) is 6.61 Å². The van der Waals surface area contributed by atoms with E-state index in [2.05, 4.69) is 13.5 Å². The molecule has 0 saturated heterocycles. The molecule has 0 aromatic carbocycles. The third kappa shape index (κ3) is 11.9. The molecule has 0 aliphatic rings. The summed E-state index contributed by atoms with van der Waals surface area (Å²) in [6.07, 6.45) is 6.91. The van der Waals surface area contributed by atoms with Gasteiger partial charge in [0, 0.05) is 0 Å². The SMILES string of the molecule is C=C(OCCCCCCCC)C(=O)[O-].[Na+]. The Labute approximate surface area is 114 Å². The van der Waals surface area contributed by atoms with Gasteiger partial charge in [0.05, 0.1) is 6.61 Å². The average Bonchev–Trinajstić information content (AvgIpc) is 2.16. The van der Waals surface area contributed by atoms with Gasteiger partial charge in [0.25, 0.3) is 0 Å². The Balaban J connectivity index is 0. The molecule has 0 N–H and O–H groups in total. The fraction of sp³-hybridized carbons (Fsp3) is 0.727. The average molecular weight is 222 g/mol. The van der Waals surface area contributed by atoms with E-state index in [1.54, 1.807) is 0 Å². The number of carboxylic acids is 1. The fourth-order valence-electron chi connectivity index (χ4n) is 1.14. The van der Waals surface area contributed by atoms with Crippen LogP contribution >= 0.6 is 0 Å². The smallest absolute Gasteiger partial charge is 0.542 e. The van der Waals surface area contributed by atoms with Crippen molar-refractivity contribution < 1.29 is 44.2 Å². The first-order valence-electron chi connectivity index (χ1n) is 5.21. The van der Waals surface area contributed by atoms with Gasteiger partial charge in [0.15, 0.2) is 0 Å². The maximum Gasteiger partial charge on any atom is 1.00 e. The Hall–Kier alpha value is 0.0100. The second-order valence-corrected chi connectivity index (χ2v) is 3.33. The monoisotopic (exact) mass is 222 g/mol. The summed E-state index contributed by atoms with van der Waals surface area (Å²) in [5.74, 6) is -1.59. The first-order chi connectivity index (χ1) is 6.68. The molecule has 0 aliphatic carbocycles. The predicted octanol–water partition coefficient (Wildman–Crippen LogP) is -1.37. The molecular weight excluding hydrogens is 203 g/mol. The van der Waals surface area contributed by atoms with Crippen LogP contribution in [-0.4, -0.2) is 12.6 Å². The summed E-state index contributed by atoms with van der Waals surface area (Å²) in [4.78, 5) is 10.2. The minimum atomic E-state index is -1.32. The molecule has 0 unspecified atom stereocenters. The molecule has 0 aliphatic heterocycles. The first-order valence-corrected chi connectivity index (χ1v) is 5.21. The van der Waals surface area contributed by atoms with E-state index in [0.29, 0.717) is 6.61 Å². The van der Waals surface area contributed by atoms with Crippen molar-refractivity contribution in [2.24, 2.45) is 0 Å². The van der Waals surface area contributed by atoms with Crippen LogP contribution in [0.4, 0.5) is 0 Å². The summed E-state index contributed by atoms with van der Waals surface area (Å²) in [6.45, 7) is 5.82. The maximum atomic E-state index is 10.2. The van der Waals surface area contributed by atoms with Crippen molar-refractivity contribution in [1.82, 2.24) is 0 Å². The molecule has 0 bridgehead atoms. The van der Waals surface area contributed by atoms with Gasteiger partial charge in [-0.3, -0.25) is 0 Å². The molecule has 0 amide bonds. The van der Waals surface area contributed by atoms with Crippen molar-refractivity contribution in [3.63, 3.8) is 0 Å². The molecule has 4 heteroatoms. The van der Waals surface area contributed by atoms with Gasteiger partial charge in [0.1, 0.15) is 11.7 Å². The molecule has 0 saturated carbocycles. The second kappa shape index (κ2) is 12.1. The Kier molecular flexibility index (Phi) is 14.0. The molecular formula is C11H19NaO3. The standard InChI is InChI=1S/C11H20O3.Na/c1-3-4-5-6-7-8-9-14-10(2)11(12)13;/h2-9H2,1H3,(H,12,13);/q;+1/p-1. The van der Waals surface area contributed by atoms with E-state index < -0.39 is 5.97 Å². The molecule has 0 atom stereocenters. The van der Waals surface area contributed by atoms with Crippen LogP contribution in [0.25, 0.3) is 0 Å². The second-order valence-electron chi connectivity index (χ2n) is 3.33. The third-order valence-electron chi connectivity index (χ3n) is 2.00. The number of unbranched alkanes of at least 4 members (excludes halogenated alkanes) is 5. The Bertz CT molecular complexity index is 181. The van der Waals surface area contributed by atoms with Gasteiger partial charge in [-0.05, 0) is 6.42 Å². The number of hydrogen-bond acceptors (Lipinski definition) is 3. The normalized spacial score (nSPS) is 9.13. The van der Waals surface area contributed by atoms with Crippen LogP contribution in [0.2, 0.25) is 0 Å². The molecule has 15 heavy (non-hydrogen) atoms. The fourth-order valence-corrected chi connectivity index (χ4v) is 1.14. The molecule has 82 valence electrons. The van der Waals surface area contributed by atoms with Crippen LogP contribution in [0, 0.1) is 0 Å². The summed E-state index contributed by atoms with van der Waals surface area (Å²) in [5.41, 5.74) is 0. The van der Waals surface area contributed by atoms with Crippen molar-refractivity contribution >= 4 is 5.97 Å². The Morgan fingerprint density at radius 3 is 2.27 bits per heavy atom. The summed E-state index contributed by atoms with van der Waals surface area (Å²) >= 11 is 0. The molecule has 0 aromatic rings. The van der Waals surface area contributed by atoms with Crippen LogP contribution in [0.15, 0.2) is 12.3 Å². The van der Waals surface area contributed by atoms with Crippen LogP contribution in [-0.2, 0) is 9.53 Å². The summed E-state index contributed by atoms with van der Waals surface area (Å²) in [5, 5.41) is 10.2. The van der Waals surface area contributed by atoms with E-state index in [0.717, 1.165) is 12.8 Å². The molecule has 0 spiro atoms. The minimum Gasteiger partial charge on any atom is -0.542 e.